The quantitative estimate of drug-likeness (QED) is 0.305. The van der Waals surface area contributed by atoms with Crippen LogP contribution in [0.25, 0.3) is 0 Å². The molecular formula is C8H6O3. The molecule has 0 aromatic rings. The molecular weight excluding hydrogens is 144 g/mol. The highest BCUT2D eigenvalue weighted by Gasteiger charge is 2.21. The molecule has 11 heavy (non-hydrogen) atoms. The maximum atomic E-state index is 10.9. The van der Waals surface area contributed by atoms with E-state index in [1.165, 1.54) is 19.1 Å². The Morgan fingerprint density at radius 1 is 1.36 bits per heavy atom. The Hall–Kier alpha value is -1.51. The summed E-state index contributed by atoms with van der Waals surface area (Å²) in [6, 6.07) is 0. The van der Waals surface area contributed by atoms with Crippen LogP contribution < -0.4 is 0 Å². The molecule has 0 saturated carbocycles. The highest BCUT2D eigenvalue weighted by atomic mass is 16.2. The van der Waals surface area contributed by atoms with Crippen LogP contribution in [0.2, 0.25) is 0 Å². The molecule has 1 aliphatic rings. The van der Waals surface area contributed by atoms with Crippen molar-refractivity contribution in [2.24, 2.45) is 0 Å². The van der Waals surface area contributed by atoms with E-state index in [2.05, 4.69) is 0 Å². The first-order chi connectivity index (χ1) is 5.13. The monoisotopic (exact) mass is 150 g/mol. The lowest BCUT2D eigenvalue weighted by Crippen LogP contribution is -2.20. The molecule has 3 heteroatoms. The Labute approximate surface area is 63.4 Å². The number of hydrogen-bond acceptors (Lipinski definition) is 3. The summed E-state index contributed by atoms with van der Waals surface area (Å²) in [5, 5.41) is 0. The van der Waals surface area contributed by atoms with E-state index < -0.39 is 11.6 Å². The summed E-state index contributed by atoms with van der Waals surface area (Å²) in [5.74, 6) is -1.70. The van der Waals surface area contributed by atoms with E-state index >= 15 is 0 Å². The second-order valence-electron chi connectivity index (χ2n) is 2.19. The minimum Gasteiger partial charge on any atom is -0.294 e. The van der Waals surface area contributed by atoms with Crippen molar-refractivity contribution >= 4 is 17.3 Å². The summed E-state index contributed by atoms with van der Waals surface area (Å²) < 4.78 is 0. The zero-order valence-electron chi connectivity index (χ0n) is 5.96. The first kappa shape index (κ1) is 7.60. The molecule has 3 nitrogen and oxygen atoms in total. The third kappa shape index (κ3) is 1.32. The van der Waals surface area contributed by atoms with Crippen LogP contribution in [0.15, 0.2) is 23.8 Å². The zero-order chi connectivity index (χ0) is 8.43. The summed E-state index contributed by atoms with van der Waals surface area (Å²) in [5.41, 5.74) is -0.0301. The molecule has 1 aliphatic carbocycles. The van der Waals surface area contributed by atoms with Gasteiger partial charge in [0.2, 0.25) is 11.6 Å². The number of carbonyl (C=O) groups is 3. The van der Waals surface area contributed by atoms with Crippen molar-refractivity contribution in [3.8, 4) is 0 Å². The van der Waals surface area contributed by atoms with Crippen molar-refractivity contribution in [2.75, 3.05) is 0 Å². The van der Waals surface area contributed by atoms with Gasteiger partial charge in [0.05, 0.1) is 5.57 Å². The molecule has 0 fully saturated rings. The van der Waals surface area contributed by atoms with Gasteiger partial charge < -0.3 is 0 Å². The van der Waals surface area contributed by atoms with Crippen LogP contribution in [0.1, 0.15) is 6.92 Å². The van der Waals surface area contributed by atoms with E-state index in [1.54, 1.807) is 0 Å². The molecule has 0 N–H and O–H groups in total. The molecule has 0 aliphatic heterocycles. The van der Waals surface area contributed by atoms with Gasteiger partial charge in [-0.3, -0.25) is 14.4 Å². The van der Waals surface area contributed by atoms with Crippen molar-refractivity contribution < 1.29 is 14.4 Å². The molecule has 56 valence electrons. The zero-order valence-corrected chi connectivity index (χ0v) is 5.96. The summed E-state index contributed by atoms with van der Waals surface area (Å²) >= 11 is 0. The second-order valence-corrected chi connectivity index (χ2v) is 2.19. The summed E-state index contributed by atoms with van der Waals surface area (Å²) in [4.78, 5) is 32.2. The predicted molar refractivity (Wildman–Crippen MR) is 37.9 cm³/mol. The molecule has 0 spiro atoms. The van der Waals surface area contributed by atoms with Gasteiger partial charge in [-0.1, -0.05) is 6.08 Å². The van der Waals surface area contributed by atoms with E-state index in [-0.39, 0.29) is 11.4 Å². The average Bonchev–Trinajstić information content (AvgIpc) is 1.94. The molecule has 0 heterocycles. The number of Topliss-reactive ketones (excluding diaryl/α,β-unsaturated/α-hetero) is 2. The Morgan fingerprint density at radius 2 is 2.00 bits per heavy atom. The summed E-state index contributed by atoms with van der Waals surface area (Å²) in [7, 11) is 0. The molecule has 1 rings (SSSR count). The van der Waals surface area contributed by atoms with Crippen LogP contribution in [0.4, 0.5) is 0 Å². The van der Waals surface area contributed by atoms with E-state index in [1.807, 2.05) is 0 Å². The Balaban J connectivity index is 3.06. The van der Waals surface area contributed by atoms with Gasteiger partial charge in [-0.2, -0.15) is 0 Å². The van der Waals surface area contributed by atoms with Gasteiger partial charge in [0.1, 0.15) is 0 Å². The number of rotatable bonds is 1. The van der Waals surface area contributed by atoms with E-state index in [4.69, 9.17) is 0 Å². The molecule has 0 aromatic carbocycles. The summed E-state index contributed by atoms with van der Waals surface area (Å²) in [6.45, 7) is 1.26. The van der Waals surface area contributed by atoms with Crippen molar-refractivity contribution in [1.82, 2.24) is 0 Å². The van der Waals surface area contributed by atoms with E-state index in [0.29, 0.717) is 0 Å². The van der Waals surface area contributed by atoms with Gasteiger partial charge in [0.25, 0.3) is 0 Å². The Morgan fingerprint density at radius 3 is 2.45 bits per heavy atom. The fraction of sp³-hybridized carbons (Fsp3) is 0.125. The van der Waals surface area contributed by atoms with Gasteiger partial charge in [0, 0.05) is 0 Å². The number of hydrogen-bond donors (Lipinski definition) is 0. The van der Waals surface area contributed by atoms with Gasteiger partial charge in [0.15, 0.2) is 5.78 Å². The maximum Gasteiger partial charge on any atom is 0.236 e. The van der Waals surface area contributed by atoms with Crippen LogP contribution in [0.3, 0.4) is 0 Å². The van der Waals surface area contributed by atoms with Crippen molar-refractivity contribution in [3.63, 3.8) is 0 Å². The summed E-state index contributed by atoms with van der Waals surface area (Å²) in [6.07, 6.45) is 3.90. The average molecular weight is 150 g/mol. The van der Waals surface area contributed by atoms with E-state index in [0.717, 1.165) is 6.08 Å². The lowest BCUT2D eigenvalue weighted by atomic mass is 10.00. The SMILES string of the molecule is CC(=O)C1=CC=CC(=O)C1=O. The largest absolute Gasteiger partial charge is 0.294 e. The Kier molecular flexibility index (Phi) is 1.81. The standard InChI is InChI=1S/C8H6O3/c1-5(9)6-3-2-4-7(10)8(6)11/h2-4H,1H3. The lowest BCUT2D eigenvalue weighted by Gasteiger charge is -2.00. The minimum atomic E-state index is -0.708. The molecule has 0 aromatic heterocycles. The van der Waals surface area contributed by atoms with Crippen LogP contribution >= 0.6 is 0 Å². The fourth-order valence-electron chi connectivity index (χ4n) is 0.793. The first-order valence-corrected chi connectivity index (χ1v) is 3.11. The molecule has 0 atom stereocenters. The molecule has 0 bridgehead atoms. The topological polar surface area (TPSA) is 51.2 Å². The van der Waals surface area contributed by atoms with Crippen LogP contribution in [-0.4, -0.2) is 17.3 Å². The molecule has 0 saturated heterocycles. The molecule has 0 amide bonds. The van der Waals surface area contributed by atoms with Crippen molar-refractivity contribution in [1.29, 1.82) is 0 Å². The number of allylic oxidation sites excluding steroid dienone is 4. The third-order valence-electron chi connectivity index (χ3n) is 1.36. The normalized spacial score (nSPS) is 16.6. The minimum absolute atomic E-state index is 0.0301. The van der Waals surface area contributed by atoms with Gasteiger partial charge in [-0.05, 0) is 19.1 Å². The third-order valence-corrected chi connectivity index (χ3v) is 1.36. The highest BCUT2D eigenvalue weighted by molar-refractivity contribution is 6.53. The van der Waals surface area contributed by atoms with Crippen molar-refractivity contribution in [3.05, 3.63) is 23.8 Å². The van der Waals surface area contributed by atoms with Crippen LogP contribution in [-0.2, 0) is 14.4 Å². The van der Waals surface area contributed by atoms with Crippen LogP contribution in [0.5, 0.6) is 0 Å². The second kappa shape index (κ2) is 2.62. The molecule has 0 unspecified atom stereocenters. The Bertz CT molecular complexity index is 294. The highest BCUT2D eigenvalue weighted by Crippen LogP contribution is 2.05. The molecule has 0 radical (unpaired) electrons. The number of carbonyl (C=O) groups excluding carboxylic acids is 3. The number of ketones is 3. The lowest BCUT2D eigenvalue weighted by molar-refractivity contribution is -0.133. The smallest absolute Gasteiger partial charge is 0.236 e. The van der Waals surface area contributed by atoms with Crippen molar-refractivity contribution in [2.45, 2.75) is 6.92 Å². The predicted octanol–water partition coefficient (Wildman–Crippen LogP) is 0.210. The maximum absolute atomic E-state index is 10.9. The fourth-order valence-corrected chi connectivity index (χ4v) is 0.793. The van der Waals surface area contributed by atoms with Gasteiger partial charge >= 0.3 is 0 Å². The van der Waals surface area contributed by atoms with Gasteiger partial charge in [-0.25, -0.2) is 0 Å². The van der Waals surface area contributed by atoms with Crippen LogP contribution in [0, 0.1) is 0 Å². The first-order valence-electron chi connectivity index (χ1n) is 3.11. The van der Waals surface area contributed by atoms with Gasteiger partial charge in [-0.15, -0.1) is 0 Å². The van der Waals surface area contributed by atoms with E-state index in [9.17, 15) is 14.4 Å².